The van der Waals surface area contributed by atoms with Gasteiger partial charge in [0.25, 0.3) is 11.8 Å². The van der Waals surface area contributed by atoms with E-state index in [1.54, 1.807) is 12.1 Å². The Hall–Kier alpha value is -2.83. The van der Waals surface area contributed by atoms with Crippen LogP contribution in [0.4, 0.5) is 5.00 Å². The molecule has 33 heavy (non-hydrogen) atoms. The van der Waals surface area contributed by atoms with E-state index in [0.717, 1.165) is 36.0 Å². The van der Waals surface area contributed by atoms with Crippen LogP contribution in [0.25, 0.3) is 0 Å². The van der Waals surface area contributed by atoms with Gasteiger partial charge in [0.15, 0.2) is 6.61 Å². The van der Waals surface area contributed by atoms with Crippen LogP contribution >= 0.6 is 22.9 Å². The molecule has 0 saturated heterocycles. The van der Waals surface area contributed by atoms with Crippen molar-refractivity contribution in [3.05, 3.63) is 80.7 Å². The number of carbonyl (C=O) groups excluding carboxylic acids is 2. The molecule has 1 aliphatic rings. The van der Waals surface area contributed by atoms with Crippen LogP contribution in [-0.2, 0) is 24.2 Å². The van der Waals surface area contributed by atoms with E-state index in [2.05, 4.69) is 17.6 Å². The molecule has 0 unspecified atom stereocenters. The molecule has 172 valence electrons. The Morgan fingerprint density at radius 1 is 1.18 bits per heavy atom. The molecular formula is C26H27ClN2O3S. The van der Waals surface area contributed by atoms with Crippen molar-refractivity contribution in [3.63, 3.8) is 0 Å². The Balaban J connectivity index is 1.50. The number of anilines is 1. The van der Waals surface area contributed by atoms with Gasteiger partial charge in [0.2, 0.25) is 0 Å². The molecule has 3 aromatic rings. The average Bonchev–Trinajstić information content (AvgIpc) is 3.15. The van der Waals surface area contributed by atoms with Crippen molar-refractivity contribution < 1.29 is 14.3 Å². The number of halogens is 1. The van der Waals surface area contributed by atoms with E-state index < -0.39 is 0 Å². The van der Waals surface area contributed by atoms with Crippen LogP contribution < -0.4 is 15.4 Å². The zero-order valence-corrected chi connectivity index (χ0v) is 20.3. The third kappa shape index (κ3) is 5.75. The van der Waals surface area contributed by atoms with Gasteiger partial charge in [-0.15, -0.1) is 11.3 Å². The van der Waals surface area contributed by atoms with Crippen molar-refractivity contribution in [1.82, 2.24) is 5.32 Å². The van der Waals surface area contributed by atoms with Crippen molar-refractivity contribution >= 4 is 39.8 Å². The van der Waals surface area contributed by atoms with Crippen LogP contribution in [-0.4, -0.2) is 18.4 Å². The molecule has 1 aliphatic carbocycles. The number of rotatable bonds is 7. The molecule has 1 aromatic heterocycles. The van der Waals surface area contributed by atoms with Crippen LogP contribution in [0.5, 0.6) is 5.75 Å². The van der Waals surface area contributed by atoms with Gasteiger partial charge in [0.05, 0.1) is 10.6 Å². The maximum absolute atomic E-state index is 13.2. The van der Waals surface area contributed by atoms with E-state index in [1.807, 2.05) is 43.3 Å². The predicted molar refractivity (Wildman–Crippen MR) is 133 cm³/mol. The molecule has 0 saturated carbocycles. The lowest BCUT2D eigenvalue weighted by molar-refractivity contribution is -0.118. The number of ether oxygens (including phenoxy) is 1. The van der Waals surface area contributed by atoms with E-state index in [-0.39, 0.29) is 18.4 Å². The lowest BCUT2D eigenvalue weighted by atomic mass is 9.88. The summed E-state index contributed by atoms with van der Waals surface area (Å²) in [6.07, 6.45) is 2.79. The highest BCUT2D eigenvalue weighted by molar-refractivity contribution is 7.17. The summed E-state index contributed by atoms with van der Waals surface area (Å²) in [5.74, 6) is 0.541. The molecule has 1 atom stereocenters. The van der Waals surface area contributed by atoms with Gasteiger partial charge in [-0.25, -0.2) is 0 Å². The van der Waals surface area contributed by atoms with Gasteiger partial charge in [-0.2, -0.15) is 0 Å². The number of thiophene rings is 1. The summed E-state index contributed by atoms with van der Waals surface area (Å²) in [5.41, 5.74) is 3.66. The highest BCUT2D eigenvalue weighted by Crippen LogP contribution is 2.39. The summed E-state index contributed by atoms with van der Waals surface area (Å²) in [4.78, 5) is 27.1. The van der Waals surface area contributed by atoms with Crippen LogP contribution in [0.15, 0.2) is 48.5 Å². The molecule has 0 bridgehead atoms. The number of benzene rings is 2. The standard InChI is InChI=1S/C26H27ClN2O3S/c1-16-9-11-20(27)21(12-16)32-15-23(30)29-26-24(19-10-8-17(2)13-22(19)33-26)25(31)28-14-18-6-4-3-5-7-18/h3-7,9,11-12,17H,8,10,13-15H2,1-2H3,(H,28,31)(H,29,30)/t17-/m0/s1. The van der Waals surface area contributed by atoms with E-state index in [4.69, 9.17) is 16.3 Å². The molecule has 0 spiro atoms. The maximum Gasteiger partial charge on any atom is 0.262 e. The smallest absolute Gasteiger partial charge is 0.262 e. The second-order valence-electron chi connectivity index (χ2n) is 8.49. The summed E-state index contributed by atoms with van der Waals surface area (Å²) in [6.45, 7) is 4.40. The number of hydrogen-bond donors (Lipinski definition) is 2. The SMILES string of the molecule is Cc1ccc(Cl)c(OCC(=O)Nc2sc3c(c2C(=O)NCc2ccccc2)CC[C@H](C)C3)c1. The largest absolute Gasteiger partial charge is 0.482 e. The van der Waals surface area contributed by atoms with Crippen LogP contribution in [0.3, 0.4) is 0 Å². The van der Waals surface area contributed by atoms with Crippen molar-refractivity contribution in [2.24, 2.45) is 5.92 Å². The molecule has 5 nitrogen and oxygen atoms in total. The number of aryl methyl sites for hydroxylation is 1. The number of nitrogens with one attached hydrogen (secondary N) is 2. The van der Waals surface area contributed by atoms with Gasteiger partial charge in [-0.1, -0.05) is 54.9 Å². The summed E-state index contributed by atoms with van der Waals surface area (Å²) < 4.78 is 5.64. The molecule has 1 heterocycles. The van der Waals surface area contributed by atoms with E-state index in [9.17, 15) is 9.59 Å². The molecule has 4 rings (SSSR count). The maximum atomic E-state index is 13.2. The van der Waals surface area contributed by atoms with Crippen molar-refractivity contribution in [2.45, 2.75) is 39.7 Å². The van der Waals surface area contributed by atoms with Crippen LogP contribution in [0.1, 0.15) is 45.3 Å². The van der Waals surface area contributed by atoms with Crippen LogP contribution in [0, 0.1) is 12.8 Å². The first-order valence-electron chi connectivity index (χ1n) is 11.1. The lowest BCUT2D eigenvalue weighted by Crippen LogP contribution is -2.26. The van der Waals surface area contributed by atoms with Crippen LogP contribution in [0.2, 0.25) is 5.02 Å². The van der Waals surface area contributed by atoms with Gasteiger partial charge in [-0.3, -0.25) is 9.59 Å². The highest BCUT2D eigenvalue weighted by atomic mass is 35.5. The Bertz CT molecular complexity index is 1160. The zero-order chi connectivity index (χ0) is 23.4. The summed E-state index contributed by atoms with van der Waals surface area (Å²) in [7, 11) is 0. The van der Waals surface area contributed by atoms with Gasteiger partial charge < -0.3 is 15.4 Å². The molecule has 0 aliphatic heterocycles. The summed E-state index contributed by atoms with van der Waals surface area (Å²) in [5, 5.41) is 6.97. The molecule has 2 aromatic carbocycles. The minimum atomic E-state index is -0.323. The van der Waals surface area contributed by atoms with Gasteiger partial charge >= 0.3 is 0 Å². The highest BCUT2D eigenvalue weighted by Gasteiger charge is 2.28. The molecule has 0 radical (unpaired) electrons. The Kier molecular flexibility index (Phi) is 7.36. The number of fused-ring (bicyclic) bond motifs is 1. The third-order valence-corrected chi connectivity index (χ3v) is 7.22. The molecular weight excluding hydrogens is 456 g/mol. The summed E-state index contributed by atoms with van der Waals surface area (Å²) >= 11 is 7.66. The number of hydrogen-bond acceptors (Lipinski definition) is 4. The molecule has 7 heteroatoms. The van der Waals surface area contributed by atoms with Crippen molar-refractivity contribution in [2.75, 3.05) is 11.9 Å². The number of carbonyl (C=O) groups is 2. The molecule has 2 amide bonds. The van der Waals surface area contributed by atoms with Crippen molar-refractivity contribution in [3.8, 4) is 5.75 Å². The van der Waals surface area contributed by atoms with E-state index in [0.29, 0.717) is 33.8 Å². The lowest BCUT2D eigenvalue weighted by Gasteiger charge is -2.18. The first-order chi connectivity index (χ1) is 15.9. The normalized spacial score (nSPS) is 14.9. The first kappa shape index (κ1) is 23.3. The first-order valence-corrected chi connectivity index (χ1v) is 12.3. The Morgan fingerprint density at radius 3 is 2.76 bits per heavy atom. The van der Waals surface area contributed by atoms with E-state index in [1.165, 1.54) is 16.2 Å². The topological polar surface area (TPSA) is 67.4 Å². The van der Waals surface area contributed by atoms with Gasteiger partial charge in [0, 0.05) is 11.4 Å². The molecule has 2 N–H and O–H groups in total. The molecule has 0 fully saturated rings. The number of amides is 2. The fraction of sp³-hybridized carbons (Fsp3) is 0.308. The minimum Gasteiger partial charge on any atom is -0.482 e. The monoisotopic (exact) mass is 482 g/mol. The Morgan fingerprint density at radius 2 is 1.97 bits per heavy atom. The van der Waals surface area contributed by atoms with Gasteiger partial charge in [-0.05, 0) is 60.9 Å². The van der Waals surface area contributed by atoms with Crippen molar-refractivity contribution in [1.29, 1.82) is 0 Å². The zero-order valence-electron chi connectivity index (χ0n) is 18.7. The fourth-order valence-corrected chi connectivity index (χ4v) is 5.57. The second-order valence-corrected chi connectivity index (χ2v) is 10.0. The summed E-state index contributed by atoms with van der Waals surface area (Å²) in [6, 6.07) is 15.2. The predicted octanol–water partition coefficient (Wildman–Crippen LogP) is 5.78. The average molecular weight is 483 g/mol. The Labute approximate surface area is 203 Å². The second kappa shape index (κ2) is 10.4. The van der Waals surface area contributed by atoms with E-state index >= 15 is 0 Å². The minimum absolute atomic E-state index is 0.163. The fourth-order valence-electron chi connectivity index (χ4n) is 3.97. The van der Waals surface area contributed by atoms with Gasteiger partial charge in [0.1, 0.15) is 10.8 Å². The third-order valence-electron chi connectivity index (χ3n) is 5.73. The quantitative estimate of drug-likeness (QED) is 0.448.